The minimum atomic E-state index is -4.32. The average molecular weight is 281 g/mol. The van der Waals surface area contributed by atoms with Crippen molar-refractivity contribution in [3.63, 3.8) is 0 Å². The lowest BCUT2D eigenvalue weighted by molar-refractivity contribution is -0.198. The summed E-state index contributed by atoms with van der Waals surface area (Å²) in [4.78, 5) is 11.9. The van der Waals surface area contributed by atoms with Crippen LogP contribution in [0.4, 0.5) is 13.2 Å². The fraction of sp³-hybridized carbons (Fsp3) is 0.923. The van der Waals surface area contributed by atoms with Gasteiger partial charge in [0, 0.05) is 12.5 Å². The van der Waals surface area contributed by atoms with E-state index >= 15 is 0 Å². The maximum Gasteiger partial charge on any atom is 0.392 e. The number of hydrogen-bond acceptors (Lipinski definition) is 2. The first kappa shape index (κ1) is 16.3. The molecule has 1 rings (SSSR count). The molecule has 0 aromatic heterocycles. The number of rotatable bonds is 4. The van der Waals surface area contributed by atoms with Gasteiger partial charge >= 0.3 is 6.18 Å². The van der Waals surface area contributed by atoms with Crippen LogP contribution in [0.5, 0.6) is 0 Å². The largest absolute Gasteiger partial charge is 0.392 e. The third-order valence-corrected chi connectivity index (χ3v) is 3.78. The zero-order chi connectivity index (χ0) is 14.6. The van der Waals surface area contributed by atoms with E-state index < -0.39 is 30.0 Å². The molecule has 0 heterocycles. The number of carbonyl (C=O) groups excluding carboxylic acids is 1. The van der Waals surface area contributed by atoms with E-state index in [1.54, 1.807) is 13.8 Å². The first-order valence-corrected chi connectivity index (χ1v) is 6.76. The number of carbonyl (C=O) groups is 1. The van der Waals surface area contributed by atoms with Crippen molar-refractivity contribution in [1.29, 1.82) is 0 Å². The molecule has 0 aromatic carbocycles. The van der Waals surface area contributed by atoms with E-state index in [0.29, 0.717) is 12.8 Å². The summed E-state index contributed by atoms with van der Waals surface area (Å²) in [6.45, 7) is 3.59. The van der Waals surface area contributed by atoms with Crippen LogP contribution < -0.4 is 5.32 Å². The molecule has 1 aliphatic carbocycles. The molecule has 1 aliphatic rings. The first-order valence-electron chi connectivity index (χ1n) is 6.76. The molecule has 3 atom stereocenters. The van der Waals surface area contributed by atoms with E-state index in [2.05, 4.69) is 5.32 Å². The predicted octanol–water partition coefficient (Wildman–Crippen LogP) is 2.49. The summed E-state index contributed by atoms with van der Waals surface area (Å²) in [5.74, 6) is -3.17. The second kappa shape index (κ2) is 6.59. The SMILES string of the molecule is CC(C)C(O)CNC(=O)C1CCCCC1C(F)(F)F. The summed E-state index contributed by atoms with van der Waals surface area (Å²) in [6, 6.07) is 0. The summed E-state index contributed by atoms with van der Waals surface area (Å²) in [5.41, 5.74) is 0. The lowest BCUT2D eigenvalue weighted by atomic mass is 9.78. The van der Waals surface area contributed by atoms with Crippen LogP contribution in [-0.4, -0.2) is 29.8 Å². The first-order chi connectivity index (χ1) is 8.73. The average Bonchev–Trinajstić information content (AvgIpc) is 2.34. The summed E-state index contributed by atoms with van der Waals surface area (Å²) in [6.07, 6.45) is -3.59. The Morgan fingerprint density at radius 3 is 2.42 bits per heavy atom. The molecule has 19 heavy (non-hydrogen) atoms. The van der Waals surface area contributed by atoms with Gasteiger partial charge in [0.2, 0.25) is 5.91 Å². The quantitative estimate of drug-likeness (QED) is 0.831. The fourth-order valence-electron chi connectivity index (χ4n) is 2.41. The van der Waals surface area contributed by atoms with Gasteiger partial charge < -0.3 is 10.4 Å². The van der Waals surface area contributed by atoms with E-state index in [1.807, 2.05) is 0 Å². The molecular formula is C13H22F3NO2. The molecular weight excluding hydrogens is 259 g/mol. The Labute approximate surface area is 111 Å². The van der Waals surface area contributed by atoms with Gasteiger partial charge in [-0.15, -0.1) is 0 Å². The fourth-order valence-corrected chi connectivity index (χ4v) is 2.41. The number of amides is 1. The predicted molar refractivity (Wildman–Crippen MR) is 65.4 cm³/mol. The molecule has 1 saturated carbocycles. The normalized spacial score (nSPS) is 26.3. The van der Waals surface area contributed by atoms with E-state index in [1.165, 1.54) is 0 Å². The van der Waals surface area contributed by atoms with Gasteiger partial charge in [-0.2, -0.15) is 13.2 Å². The van der Waals surface area contributed by atoms with Crippen LogP contribution in [-0.2, 0) is 4.79 Å². The Kier molecular flexibility index (Phi) is 5.64. The molecule has 1 fully saturated rings. The molecule has 6 heteroatoms. The molecule has 0 aromatic rings. The molecule has 0 aliphatic heterocycles. The zero-order valence-electron chi connectivity index (χ0n) is 11.3. The van der Waals surface area contributed by atoms with Gasteiger partial charge in [-0.3, -0.25) is 4.79 Å². The highest BCUT2D eigenvalue weighted by atomic mass is 19.4. The Morgan fingerprint density at radius 2 is 1.89 bits per heavy atom. The number of aliphatic hydroxyl groups is 1. The smallest absolute Gasteiger partial charge is 0.391 e. The second-order valence-corrected chi connectivity index (χ2v) is 5.60. The van der Waals surface area contributed by atoms with Crippen LogP contribution in [0.15, 0.2) is 0 Å². The maximum atomic E-state index is 12.8. The van der Waals surface area contributed by atoms with Gasteiger partial charge in [0.1, 0.15) is 0 Å². The number of aliphatic hydroxyl groups excluding tert-OH is 1. The van der Waals surface area contributed by atoms with Gasteiger partial charge in [0.25, 0.3) is 0 Å². The summed E-state index contributed by atoms with van der Waals surface area (Å²) in [5, 5.41) is 12.0. The molecule has 0 saturated heterocycles. The third kappa shape index (κ3) is 4.67. The lowest BCUT2D eigenvalue weighted by Crippen LogP contribution is -2.45. The molecule has 0 bridgehead atoms. The highest BCUT2D eigenvalue weighted by Gasteiger charge is 2.47. The van der Waals surface area contributed by atoms with Gasteiger partial charge in [-0.1, -0.05) is 26.7 Å². The molecule has 0 spiro atoms. The highest BCUT2D eigenvalue weighted by molar-refractivity contribution is 5.79. The van der Waals surface area contributed by atoms with Crippen molar-refractivity contribution < 1.29 is 23.1 Å². The van der Waals surface area contributed by atoms with Crippen molar-refractivity contribution in [3.8, 4) is 0 Å². The lowest BCUT2D eigenvalue weighted by Gasteiger charge is -2.32. The van der Waals surface area contributed by atoms with Gasteiger partial charge in [-0.25, -0.2) is 0 Å². The minimum absolute atomic E-state index is 0.0115. The summed E-state index contributed by atoms with van der Waals surface area (Å²) < 4.78 is 38.5. The Hall–Kier alpha value is -0.780. The van der Waals surface area contributed by atoms with Crippen molar-refractivity contribution in [3.05, 3.63) is 0 Å². The Bertz CT molecular complexity index is 305. The number of halogens is 3. The number of alkyl halides is 3. The van der Waals surface area contributed by atoms with E-state index in [4.69, 9.17) is 0 Å². The van der Waals surface area contributed by atoms with Crippen LogP contribution in [0.3, 0.4) is 0 Å². The second-order valence-electron chi connectivity index (χ2n) is 5.60. The minimum Gasteiger partial charge on any atom is -0.391 e. The van der Waals surface area contributed by atoms with Crippen LogP contribution in [0.2, 0.25) is 0 Å². The van der Waals surface area contributed by atoms with Crippen molar-refractivity contribution in [1.82, 2.24) is 5.32 Å². The van der Waals surface area contributed by atoms with Crippen LogP contribution in [0.1, 0.15) is 39.5 Å². The molecule has 1 amide bonds. The van der Waals surface area contributed by atoms with E-state index in [9.17, 15) is 23.1 Å². The zero-order valence-corrected chi connectivity index (χ0v) is 11.3. The van der Waals surface area contributed by atoms with Crippen LogP contribution >= 0.6 is 0 Å². The van der Waals surface area contributed by atoms with E-state index in [-0.39, 0.29) is 25.3 Å². The standard InChI is InChI=1S/C13H22F3NO2/c1-8(2)11(18)7-17-12(19)9-5-3-4-6-10(9)13(14,15)16/h8-11,18H,3-7H2,1-2H3,(H,17,19). The van der Waals surface area contributed by atoms with Crippen LogP contribution in [0, 0.1) is 17.8 Å². The topological polar surface area (TPSA) is 49.3 Å². The van der Waals surface area contributed by atoms with Crippen molar-refractivity contribution in [2.75, 3.05) is 6.54 Å². The molecule has 3 unspecified atom stereocenters. The number of hydrogen-bond donors (Lipinski definition) is 2. The molecule has 2 N–H and O–H groups in total. The van der Waals surface area contributed by atoms with Crippen molar-refractivity contribution in [2.45, 2.75) is 51.8 Å². The third-order valence-electron chi connectivity index (χ3n) is 3.78. The monoisotopic (exact) mass is 281 g/mol. The van der Waals surface area contributed by atoms with Crippen molar-refractivity contribution >= 4 is 5.91 Å². The van der Waals surface area contributed by atoms with Crippen molar-refractivity contribution in [2.24, 2.45) is 17.8 Å². The Balaban J connectivity index is 2.58. The Morgan fingerprint density at radius 1 is 1.32 bits per heavy atom. The summed E-state index contributed by atoms with van der Waals surface area (Å²) >= 11 is 0. The highest BCUT2D eigenvalue weighted by Crippen LogP contribution is 2.41. The van der Waals surface area contributed by atoms with Gasteiger partial charge in [0.15, 0.2) is 0 Å². The van der Waals surface area contributed by atoms with E-state index in [0.717, 1.165) is 0 Å². The molecule has 0 radical (unpaired) electrons. The maximum absolute atomic E-state index is 12.8. The van der Waals surface area contributed by atoms with Gasteiger partial charge in [-0.05, 0) is 18.8 Å². The van der Waals surface area contributed by atoms with Crippen LogP contribution in [0.25, 0.3) is 0 Å². The molecule has 3 nitrogen and oxygen atoms in total. The summed E-state index contributed by atoms with van der Waals surface area (Å²) in [7, 11) is 0. The molecule has 112 valence electrons. The van der Waals surface area contributed by atoms with Gasteiger partial charge in [0.05, 0.1) is 12.0 Å². The number of nitrogens with one attached hydrogen (secondary N) is 1.